The third kappa shape index (κ3) is 2.76. The highest BCUT2D eigenvalue weighted by Gasteiger charge is 2.30. The van der Waals surface area contributed by atoms with Gasteiger partial charge in [-0.25, -0.2) is 4.98 Å². The van der Waals surface area contributed by atoms with Crippen molar-refractivity contribution < 1.29 is 4.74 Å². The van der Waals surface area contributed by atoms with E-state index in [1.165, 1.54) is 0 Å². The molecule has 0 atom stereocenters. The lowest BCUT2D eigenvalue weighted by atomic mass is 9.89. The molecule has 0 amide bonds. The molecule has 4 heteroatoms. The number of ether oxygens (including phenoxy) is 1. The van der Waals surface area contributed by atoms with E-state index < -0.39 is 0 Å². The molecule has 1 aromatic carbocycles. The maximum Gasteiger partial charge on any atom is 0.121 e. The average Bonchev–Trinajstić information content (AvgIpc) is 2.88. The van der Waals surface area contributed by atoms with Crippen LogP contribution in [0.25, 0.3) is 11.0 Å². The van der Waals surface area contributed by atoms with Crippen LogP contribution < -0.4 is 4.74 Å². The van der Waals surface area contributed by atoms with Crippen LogP contribution in [0.5, 0.6) is 5.75 Å². The van der Waals surface area contributed by atoms with Gasteiger partial charge in [-0.15, -0.1) is 11.6 Å². The largest absolute Gasteiger partial charge is 0.497 e. The first kappa shape index (κ1) is 16.2. The van der Waals surface area contributed by atoms with Gasteiger partial charge in [0.05, 0.1) is 18.1 Å². The molecule has 1 aromatic heterocycles. The molecule has 0 aliphatic rings. The van der Waals surface area contributed by atoms with Gasteiger partial charge in [-0.1, -0.05) is 20.8 Å². The molecule has 0 fully saturated rings. The van der Waals surface area contributed by atoms with Gasteiger partial charge in [-0.05, 0) is 31.4 Å². The molecule has 0 bridgehead atoms. The van der Waals surface area contributed by atoms with Crippen molar-refractivity contribution in [2.24, 2.45) is 0 Å². The number of nitrogens with zero attached hydrogens (tertiary/aromatic N) is 2. The number of alkyl halides is 1. The second kappa shape index (κ2) is 6.69. The van der Waals surface area contributed by atoms with Gasteiger partial charge in [-0.2, -0.15) is 0 Å². The van der Waals surface area contributed by atoms with Crippen molar-refractivity contribution in [3.63, 3.8) is 0 Å². The number of hydrogen-bond donors (Lipinski definition) is 0. The smallest absolute Gasteiger partial charge is 0.121 e. The van der Waals surface area contributed by atoms with E-state index in [0.29, 0.717) is 5.88 Å². The van der Waals surface area contributed by atoms with E-state index in [1.54, 1.807) is 7.11 Å². The minimum atomic E-state index is 0.0997. The van der Waals surface area contributed by atoms with Crippen molar-refractivity contribution in [3.8, 4) is 5.75 Å². The zero-order valence-electron chi connectivity index (χ0n) is 13.4. The van der Waals surface area contributed by atoms with Crippen molar-refractivity contribution in [2.75, 3.05) is 13.0 Å². The summed E-state index contributed by atoms with van der Waals surface area (Å²) in [6.07, 6.45) is 4.04. The van der Waals surface area contributed by atoms with Gasteiger partial charge < -0.3 is 9.30 Å². The fraction of sp³-hybridized carbons (Fsp3) is 0.588. The Labute approximate surface area is 132 Å². The monoisotopic (exact) mass is 308 g/mol. The lowest BCUT2D eigenvalue weighted by molar-refractivity contribution is 0.251. The van der Waals surface area contributed by atoms with Gasteiger partial charge in [0.1, 0.15) is 11.6 Å². The summed E-state index contributed by atoms with van der Waals surface area (Å²) >= 11 is 6.00. The fourth-order valence-corrected chi connectivity index (χ4v) is 3.41. The van der Waals surface area contributed by atoms with Gasteiger partial charge in [0, 0.05) is 23.9 Å². The Hall–Kier alpha value is -1.22. The van der Waals surface area contributed by atoms with Gasteiger partial charge in [0.25, 0.3) is 0 Å². The van der Waals surface area contributed by atoms with Crippen LogP contribution in [-0.4, -0.2) is 22.5 Å². The minimum Gasteiger partial charge on any atom is -0.497 e. The van der Waals surface area contributed by atoms with Crippen molar-refractivity contribution in [1.82, 2.24) is 9.55 Å². The number of hydrogen-bond acceptors (Lipinski definition) is 2. The number of fused-ring (bicyclic) bond motifs is 1. The van der Waals surface area contributed by atoms with Gasteiger partial charge in [0.2, 0.25) is 0 Å². The lowest BCUT2D eigenvalue weighted by Crippen LogP contribution is -2.33. The van der Waals surface area contributed by atoms with E-state index in [4.69, 9.17) is 21.3 Å². The molecule has 0 radical (unpaired) electrons. The maximum atomic E-state index is 6.00. The molecule has 21 heavy (non-hydrogen) atoms. The van der Waals surface area contributed by atoms with Crippen LogP contribution in [0.1, 0.15) is 45.9 Å². The Bertz CT molecular complexity index is 594. The molecule has 0 spiro atoms. The molecule has 0 saturated carbocycles. The minimum absolute atomic E-state index is 0.0997. The summed E-state index contributed by atoms with van der Waals surface area (Å²) in [4.78, 5) is 4.81. The normalized spacial score (nSPS) is 12.0. The summed E-state index contributed by atoms with van der Waals surface area (Å²) in [5, 5.41) is 0. The molecule has 116 valence electrons. The van der Waals surface area contributed by atoms with Crippen LogP contribution in [0.3, 0.4) is 0 Å². The van der Waals surface area contributed by atoms with Crippen molar-refractivity contribution in [3.05, 3.63) is 24.0 Å². The topological polar surface area (TPSA) is 27.1 Å². The van der Waals surface area contributed by atoms with Crippen LogP contribution in [0, 0.1) is 0 Å². The van der Waals surface area contributed by atoms with Crippen LogP contribution in [-0.2, 0) is 12.0 Å². The van der Waals surface area contributed by atoms with Crippen molar-refractivity contribution in [2.45, 2.75) is 52.0 Å². The lowest BCUT2D eigenvalue weighted by Gasteiger charge is -2.34. The van der Waals surface area contributed by atoms with Gasteiger partial charge in [-0.3, -0.25) is 0 Å². The van der Waals surface area contributed by atoms with Crippen molar-refractivity contribution >= 4 is 22.6 Å². The molecule has 0 aliphatic carbocycles. The molecule has 2 aromatic rings. The summed E-state index contributed by atoms with van der Waals surface area (Å²) in [5.74, 6) is 2.55. The number of aryl methyl sites for hydroxylation is 1. The van der Waals surface area contributed by atoms with Crippen LogP contribution in [0.15, 0.2) is 18.2 Å². The summed E-state index contributed by atoms with van der Waals surface area (Å²) in [6.45, 7) is 6.76. The van der Waals surface area contributed by atoms with Gasteiger partial charge in [0.15, 0.2) is 0 Å². The second-order valence-corrected chi connectivity index (χ2v) is 5.82. The molecule has 3 nitrogen and oxygen atoms in total. The standard InChI is InChI=1S/C17H25ClN2O/c1-5-17(6-2,7-3)20-15-12-13(21-4)8-9-14(15)19-16(20)10-11-18/h8-9,12H,5-7,10-11H2,1-4H3. The van der Waals surface area contributed by atoms with Crippen LogP contribution in [0.4, 0.5) is 0 Å². The summed E-state index contributed by atoms with van der Waals surface area (Å²) in [5.41, 5.74) is 2.28. The number of imidazole rings is 1. The summed E-state index contributed by atoms with van der Waals surface area (Å²) < 4.78 is 7.80. The Morgan fingerprint density at radius 2 is 1.86 bits per heavy atom. The van der Waals surface area contributed by atoms with E-state index in [-0.39, 0.29) is 5.54 Å². The first-order chi connectivity index (χ1) is 10.2. The number of rotatable bonds is 7. The number of methoxy groups -OCH3 is 1. The molecule has 0 N–H and O–H groups in total. The number of aromatic nitrogens is 2. The first-order valence-electron chi connectivity index (χ1n) is 7.77. The van der Waals surface area contributed by atoms with Gasteiger partial charge >= 0.3 is 0 Å². The van der Waals surface area contributed by atoms with E-state index >= 15 is 0 Å². The van der Waals surface area contributed by atoms with Crippen LogP contribution in [0.2, 0.25) is 0 Å². The second-order valence-electron chi connectivity index (χ2n) is 5.44. The van der Waals surface area contributed by atoms with Crippen molar-refractivity contribution in [1.29, 1.82) is 0 Å². The fourth-order valence-electron chi connectivity index (χ4n) is 3.24. The summed E-state index contributed by atoms with van der Waals surface area (Å²) in [6, 6.07) is 6.10. The number of halogens is 1. The third-order valence-corrected chi connectivity index (χ3v) is 4.89. The zero-order valence-corrected chi connectivity index (χ0v) is 14.2. The Morgan fingerprint density at radius 1 is 1.19 bits per heavy atom. The Morgan fingerprint density at radius 3 is 2.38 bits per heavy atom. The first-order valence-corrected chi connectivity index (χ1v) is 8.31. The van der Waals surface area contributed by atoms with E-state index in [0.717, 1.165) is 48.3 Å². The molecule has 1 heterocycles. The predicted molar refractivity (Wildman–Crippen MR) is 89.6 cm³/mol. The average molecular weight is 309 g/mol. The quantitative estimate of drug-likeness (QED) is 0.690. The SMILES string of the molecule is CCC(CC)(CC)n1c(CCCl)nc2ccc(OC)cc21. The third-order valence-electron chi connectivity index (χ3n) is 4.70. The molecular weight excluding hydrogens is 284 g/mol. The molecule has 0 unspecified atom stereocenters. The highest BCUT2D eigenvalue weighted by atomic mass is 35.5. The highest BCUT2D eigenvalue weighted by molar-refractivity contribution is 6.17. The predicted octanol–water partition coefficient (Wildman–Crippen LogP) is 4.75. The number of benzene rings is 1. The molecular formula is C17H25ClN2O. The van der Waals surface area contributed by atoms with E-state index in [1.807, 2.05) is 12.1 Å². The molecule has 2 rings (SSSR count). The highest BCUT2D eigenvalue weighted by Crippen LogP contribution is 2.35. The van der Waals surface area contributed by atoms with E-state index in [9.17, 15) is 0 Å². The molecule has 0 aliphatic heterocycles. The van der Waals surface area contributed by atoms with E-state index in [2.05, 4.69) is 31.4 Å². The van der Waals surface area contributed by atoms with Crippen LogP contribution >= 0.6 is 11.6 Å². The Kier molecular flexibility index (Phi) is 5.15. The maximum absolute atomic E-state index is 6.00. The zero-order chi connectivity index (χ0) is 15.5. The Balaban J connectivity index is 2.74. The molecule has 0 saturated heterocycles. The summed E-state index contributed by atoms with van der Waals surface area (Å²) in [7, 11) is 1.70.